The lowest BCUT2D eigenvalue weighted by atomic mass is 10.0. The fraction of sp³-hybridized carbons (Fsp3) is 0.812. The van der Waals surface area contributed by atoms with E-state index in [2.05, 4.69) is 10.2 Å². The first-order chi connectivity index (χ1) is 11.8. The number of carbonyl (C=O) groups excluding carboxylic acids is 1. The van der Waals surface area contributed by atoms with Crippen LogP contribution in [0, 0.1) is 5.92 Å². The lowest BCUT2D eigenvalue weighted by Gasteiger charge is -2.39. The van der Waals surface area contributed by atoms with Crippen LogP contribution in [0.2, 0.25) is 0 Å². The van der Waals surface area contributed by atoms with Crippen molar-refractivity contribution >= 4 is 17.9 Å². The second-order valence-electron chi connectivity index (χ2n) is 7.62. The number of H-pyrrole nitrogens is 1. The van der Waals surface area contributed by atoms with Crippen molar-refractivity contribution in [3.63, 3.8) is 0 Å². The quantitative estimate of drug-likeness (QED) is 0.794. The number of aromatic amines is 1. The summed E-state index contributed by atoms with van der Waals surface area (Å²) in [4.78, 5) is 25.6. The van der Waals surface area contributed by atoms with E-state index in [1.54, 1.807) is 21.2 Å². The molecule has 0 saturated carbocycles. The van der Waals surface area contributed by atoms with Gasteiger partial charge in [-0.1, -0.05) is 11.8 Å². The van der Waals surface area contributed by atoms with Gasteiger partial charge < -0.3 is 14.4 Å². The van der Waals surface area contributed by atoms with Gasteiger partial charge in [0.05, 0.1) is 12.6 Å². The zero-order valence-corrected chi connectivity index (χ0v) is 15.8. The van der Waals surface area contributed by atoms with Gasteiger partial charge in [-0.15, -0.1) is 5.10 Å². The summed E-state index contributed by atoms with van der Waals surface area (Å²) in [5.41, 5.74) is -0.661. The van der Waals surface area contributed by atoms with Crippen LogP contribution in [0.1, 0.15) is 33.6 Å². The minimum Gasteiger partial charge on any atom is -0.444 e. The Morgan fingerprint density at radius 3 is 2.84 bits per heavy atom. The van der Waals surface area contributed by atoms with Crippen LogP contribution in [0.4, 0.5) is 4.79 Å². The van der Waals surface area contributed by atoms with Gasteiger partial charge in [0.25, 0.3) is 0 Å². The molecule has 0 aromatic carbocycles. The van der Waals surface area contributed by atoms with Gasteiger partial charge >= 0.3 is 11.8 Å². The average Bonchev–Trinajstić information content (AvgIpc) is 3.08. The third-order valence-electron chi connectivity index (χ3n) is 4.19. The smallest absolute Gasteiger partial charge is 0.410 e. The molecule has 8 nitrogen and oxygen atoms in total. The molecule has 0 aliphatic carbocycles. The number of likely N-dealkylation sites (tertiary alicyclic amines) is 1. The van der Waals surface area contributed by atoms with E-state index in [-0.39, 0.29) is 17.9 Å². The zero-order chi connectivity index (χ0) is 18.0. The molecule has 2 saturated heterocycles. The van der Waals surface area contributed by atoms with Crippen LogP contribution in [-0.2, 0) is 16.0 Å². The van der Waals surface area contributed by atoms with E-state index in [0.29, 0.717) is 30.7 Å². The molecule has 0 radical (unpaired) electrons. The fourth-order valence-corrected chi connectivity index (χ4v) is 3.93. The largest absolute Gasteiger partial charge is 0.444 e. The van der Waals surface area contributed by atoms with Crippen molar-refractivity contribution < 1.29 is 14.3 Å². The number of nitrogens with one attached hydrogen (secondary N) is 1. The Labute approximate surface area is 151 Å². The third kappa shape index (κ3) is 4.78. The molecule has 1 aromatic heterocycles. The Hall–Kier alpha value is -1.48. The summed E-state index contributed by atoms with van der Waals surface area (Å²) in [5.74, 6) is 1.20. The highest BCUT2D eigenvalue weighted by molar-refractivity contribution is 7.99. The molecule has 3 rings (SSSR count). The Kier molecular flexibility index (Phi) is 5.43. The van der Waals surface area contributed by atoms with Gasteiger partial charge in [0.1, 0.15) is 5.60 Å². The van der Waals surface area contributed by atoms with Crippen LogP contribution in [0.25, 0.3) is 0 Å². The van der Waals surface area contributed by atoms with Gasteiger partial charge in [0.15, 0.2) is 5.16 Å². The van der Waals surface area contributed by atoms with Crippen LogP contribution >= 0.6 is 11.8 Å². The van der Waals surface area contributed by atoms with Crippen molar-refractivity contribution in [1.29, 1.82) is 0 Å². The molecule has 1 aromatic rings. The Morgan fingerprint density at radius 2 is 2.20 bits per heavy atom. The molecule has 2 fully saturated rings. The lowest BCUT2D eigenvalue weighted by Crippen LogP contribution is -2.52. The van der Waals surface area contributed by atoms with E-state index < -0.39 is 5.60 Å². The Bertz CT molecular complexity index is 654. The number of carbonyl (C=O) groups is 1. The van der Waals surface area contributed by atoms with Crippen molar-refractivity contribution in [1.82, 2.24) is 19.7 Å². The number of nitrogens with zero attached hydrogens (tertiary/aromatic N) is 3. The lowest BCUT2D eigenvalue weighted by molar-refractivity contribution is 0.00213. The standard InChI is InChI=1S/C16H26N4O4S/c1-16(2,3)24-15(22)19-7-11(8-19)10-25-14-18-17-13(21)20(14)9-12-5-4-6-23-12/h11-12H,4-10H2,1-3H3,(H,17,21). The van der Waals surface area contributed by atoms with Gasteiger partial charge in [0.2, 0.25) is 0 Å². The molecule has 1 unspecified atom stereocenters. The van der Waals surface area contributed by atoms with E-state index in [0.717, 1.165) is 25.2 Å². The minimum absolute atomic E-state index is 0.0982. The molecule has 0 bridgehead atoms. The van der Waals surface area contributed by atoms with E-state index in [1.165, 1.54) is 0 Å². The van der Waals surface area contributed by atoms with E-state index in [4.69, 9.17) is 9.47 Å². The van der Waals surface area contributed by atoms with Crippen LogP contribution in [0.3, 0.4) is 0 Å². The maximum atomic E-state index is 11.9. The van der Waals surface area contributed by atoms with Gasteiger partial charge in [-0.05, 0) is 33.6 Å². The molecule has 1 atom stereocenters. The van der Waals surface area contributed by atoms with Crippen LogP contribution in [0.15, 0.2) is 9.95 Å². The summed E-state index contributed by atoms with van der Waals surface area (Å²) in [6.45, 7) is 8.27. The first-order valence-corrected chi connectivity index (χ1v) is 9.68. The van der Waals surface area contributed by atoms with Crippen molar-refractivity contribution in [3.05, 3.63) is 10.5 Å². The Balaban J connectivity index is 1.46. The number of aromatic nitrogens is 3. The number of ether oxygens (including phenoxy) is 2. The van der Waals surface area contributed by atoms with Crippen LogP contribution in [0.5, 0.6) is 0 Å². The number of hydrogen-bond acceptors (Lipinski definition) is 6. The van der Waals surface area contributed by atoms with E-state index in [9.17, 15) is 9.59 Å². The normalized spacial score (nSPS) is 21.4. The summed E-state index contributed by atoms with van der Waals surface area (Å²) in [6, 6.07) is 0. The summed E-state index contributed by atoms with van der Waals surface area (Å²) < 4.78 is 12.6. The predicted molar refractivity (Wildman–Crippen MR) is 93.8 cm³/mol. The topological polar surface area (TPSA) is 89.5 Å². The summed E-state index contributed by atoms with van der Waals surface area (Å²) in [7, 11) is 0. The molecule has 25 heavy (non-hydrogen) atoms. The number of rotatable bonds is 5. The third-order valence-corrected chi connectivity index (χ3v) is 5.40. The van der Waals surface area contributed by atoms with Gasteiger partial charge in [-0.25, -0.2) is 14.7 Å². The van der Waals surface area contributed by atoms with Crippen LogP contribution in [-0.4, -0.2) is 62.9 Å². The maximum Gasteiger partial charge on any atom is 0.410 e. The second-order valence-corrected chi connectivity index (χ2v) is 8.61. The number of amides is 1. The molecular formula is C16H26N4O4S. The van der Waals surface area contributed by atoms with E-state index >= 15 is 0 Å². The predicted octanol–water partition coefficient (Wildman–Crippen LogP) is 1.71. The van der Waals surface area contributed by atoms with E-state index in [1.807, 2.05) is 20.8 Å². The second kappa shape index (κ2) is 7.41. The summed E-state index contributed by atoms with van der Waals surface area (Å²) in [5, 5.41) is 7.33. The SMILES string of the molecule is CC(C)(C)OC(=O)N1CC(CSc2n[nH]c(=O)n2CC2CCCO2)C1. The molecular weight excluding hydrogens is 344 g/mol. The Morgan fingerprint density at radius 1 is 1.44 bits per heavy atom. The highest BCUT2D eigenvalue weighted by Gasteiger charge is 2.34. The molecule has 2 aliphatic rings. The molecule has 140 valence electrons. The van der Waals surface area contributed by atoms with Gasteiger partial charge in [0, 0.05) is 31.4 Å². The highest BCUT2D eigenvalue weighted by atomic mass is 32.2. The first-order valence-electron chi connectivity index (χ1n) is 8.69. The van der Waals surface area contributed by atoms with Crippen molar-refractivity contribution in [2.45, 2.75) is 57.0 Å². The molecule has 1 amide bonds. The zero-order valence-electron chi connectivity index (χ0n) is 15.0. The van der Waals surface area contributed by atoms with Crippen LogP contribution < -0.4 is 5.69 Å². The molecule has 2 aliphatic heterocycles. The minimum atomic E-state index is -0.468. The fourth-order valence-electron chi connectivity index (χ4n) is 2.91. The maximum absolute atomic E-state index is 11.9. The van der Waals surface area contributed by atoms with Gasteiger partial charge in [-0.2, -0.15) is 0 Å². The average molecular weight is 370 g/mol. The highest BCUT2D eigenvalue weighted by Crippen LogP contribution is 2.26. The molecule has 1 N–H and O–H groups in total. The van der Waals surface area contributed by atoms with Gasteiger partial charge in [-0.3, -0.25) is 4.57 Å². The number of hydrogen-bond donors (Lipinski definition) is 1. The molecule has 0 spiro atoms. The van der Waals surface area contributed by atoms with Crippen molar-refractivity contribution in [2.24, 2.45) is 5.92 Å². The first kappa shape index (κ1) is 18.3. The summed E-state index contributed by atoms with van der Waals surface area (Å²) >= 11 is 1.55. The molecule has 3 heterocycles. The van der Waals surface area contributed by atoms with Crippen molar-refractivity contribution in [2.75, 3.05) is 25.4 Å². The number of thioether (sulfide) groups is 1. The van der Waals surface area contributed by atoms with Crippen molar-refractivity contribution in [3.8, 4) is 0 Å². The summed E-state index contributed by atoms with van der Waals surface area (Å²) in [6.07, 6.45) is 1.86. The molecule has 9 heteroatoms. The monoisotopic (exact) mass is 370 g/mol.